The third-order valence-electron chi connectivity index (χ3n) is 12.5. The molecular weight excluding hydrogens is 839 g/mol. The summed E-state index contributed by atoms with van der Waals surface area (Å²) in [5, 5.41) is 19.8. The van der Waals surface area contributed by atoms with E-state index in [4.69, 9.17) is 14.2 Å². The number of unbranched alkanes of at least 4 members (excludes halogenated alkanes) is 2. The number of carbonyl (C=O) groups excluding carboxylic acids is 8. The van der Waals surface area contributed by atoms with Gasteiger partial charge in [0.1, 0.15) is 36.0 Å². The summed E-state index contributed by atoms with van der Waals surface area (Å²) in [5.74, 6) is -7.58. The van der Waals surface area contributed by atoms with Crippen molar-refractivity contribution in [3.63, 3.8) is 0 Å². The van der Waals surface area contributed by atoms with Gasteiger partial charge >= 0.3 is 11.9 Å². The maximum absolute atomic E-state index is 14.6. The van der Waals surface area contributed by atoms with E-state index in [9.17, 15) is 43.5 Å². The van der Waals surface area contributed by atoms with E-state index in [1.165, 1.54) is 37.8 Å². The van der Waals surface area contributed by atoms with Crippen LogP contribution in [0, 0.1) is 23.7 Å². The zero-order chi connectivity index (χ0) is 48.7. The number of fused-ring (bicyclic) bond motifs is 1. The number of rotatable bonds is 13. The average molecular weight is 914 g/mol. The summed E-state index contributed by atoms with van der Waals surface area (Å²) in [4.78, 5) is 115. The fourth-order valence-corrected chi connectivity index (χ4v) is 8.25. The van der Waals surface area contributed by atoms with Crippen LogP contribution in [0.1, 0.15) is 126 Å². The van der Waals surface area contributed by atoms with Crippen molar-refractivity contribution in [1.82, 2.24) is 25.8 Å². The Bertz CT molecular complexity index is 1800. The first-order chi connectivity index (χ1) is 30.6. The van der Waals surface area contributed by atoms with Crippen molar-refractivity contribution in [2.75, 3.05) is 20.7 Å². The Morgan fingerprint density at radius 2 is 1.58 bits per heavy atom. The van der Waals surface area contributed by atoms with Gasteiger partial charge in [0.05, 0.1) is 31.6 Å². The molecule has 364 valence electrons. The summed E-state index contributed by atoms with van der Waals surface area (Å²) in [5.41, 5.74) is 0.641. The lowest BCUT2D eigenvalue weighted by Crippen LogP contribution is -2.59. The van der Waals surface area contributed by atoms with Gasteiger partial charge < -0.3 is 45.1 Å². The molecule has 2 heterocycles. The van der Waals surface area contributed by atoms with E-state index in [1.54, 1.807) is 45.0 Å². The molecule has 1 aromatic rings. The van der Waals surface area contributed by atoms with Crippen molar-refractivity contribution in [2.24, 2.45) is 23.7 Å². The van der Waals surface area contributed by atoms with Crippen LogP contribution in [0.3, 0.4) is 0 Å². The highest BCUT2D eigenvalue weighted by molar-refractivity contribution is 6.05. The smallest absolute Gasteiger partial charge is 0.329 e. The Hall–Kier alpha value is -5.06. The molecule has 65 heavy (non-hydrogen) atoms. The minimum absolute atomic E-state index is 0.0353. The maximum atomic E-state index is 14.6. The molecule has 2 aliphatic heterocycles. The molecule has 1 aromatic carbocycles. The number of nitrogens with one attached hydrogen (secondary N) is 3. The Labute approximate surface area is 384 Å². The summed E-state index contributed by atoms with van der Waals surface area (Å²) >= 11 is 0. The molecule has 2 aliphatic rings. The minimum Gasteiger partial charge on any atom is -0.497 e. The first-order valence-corrected chi connectivity index (χ1v) is 23.4. The number of methoxy groups -OCH3 is 1. The number of carbonyl (C=O) groups is 8. The van der Waals surface area contributed by atoms with E-state index < -0.39 is 120 Å². The van der Waals surface area contributed by atoms with Crippen LogP contribution in [-0.2, 0) is 54.3 Å². The molecule has 0 aliphatic carbocycles. The lowest BCUT2D eigenvalue weighted by Gasteiger charge is -2.35. The summed E-state index contributed by atoms with van der Waals surface area (Å²) in [6.07, 6.45) is -1.32. The van der Waals surface area contributed by atoms with Crippen molar-refractivity contribution in [3.05, 3.63) is 29.8 Å². The van der Waals surface area contributed by atoms with Crippen LogP contribution in [0.15, 0.2) is 24.3 Å². The van der Waals surface area contributed by atoms with Gasteiger partial charge in [0, 0.05) is 26.4 Å². The highest BCUT2D eigenvalue weighted by Crippen LogP contribution is 2.26. The number of cyclic esters (lactones) is 2. The molecule has 0 saturated carbocycles. The third-order valence-corrected chi connectivity index (χ3v) is 12.5. The molecule has 4 N–H and O–H groups in total. The number of benzene rings is 1. The Balaban J connectivity index is 2.20. The number of hydrogen-bond donors (Lipinski definition) is 4. The minimum atomic E-state index is -1.53. The molecule has 2 saturated heterocycles. The van der Waals surface area contributed by atoms with Crippen LogP contribution in [0.4, 0.5) is 0 Å². The van der Waals surface area contributed by atoms with Crippen LogP contribution in [0.25, 0.3) is 0 Å². The highest BCUT2D eigenvalue weighted by atomic mass is 16.6. The summed E-state index contributed by atoms with van der Waals surface area (Å²) in [6, 6.07) is 0.921. The van der Waals surface area contributed by atoms with Gasteiger partial charge in [0.2, 0.25) is 29.5 Å². The summed E-state index contributed by atoms with van der Waals surface area (Å²) in [6.45, 7) is 15.6. The van der Waals surface area contributed by atoms with Gasteiger partial charge in [-0.2, -0.15) is 0 Å². The fraction of sp³-hybridized carbons (Fsp3) is 0.708. The molecule has 5 amide bonds. The molecule has 3 rings (SSSR count). The van der Waals surface area contributed by atoms with E-state index in [2.05, 4.69) is 16.0 Å². The molecule has 0 bridgehead atoms. The van der Waals surface area contributed by atoms with E-state index in [1.807, 2.05) is 27.7 Å². The second-order valence-electron chi connectivity index (χ2n) is 18.5. The number of likely N-dealkylation sites (N-methyl/N-ethyl adjacent to an activating group) is 1. The lowest BCUT2D eigenvalue weighted by molar-refractivity contribution is -0.163. The number of ketones is 1. The van der Waals surface area contributed by atoms with Gasteiger partial charge in [-0.05, 0) is 75.0 Å². The average Bonchev–Trinajstić information content (AvgIpc) is 3.76. The number of amides is 5. The van der Waals surface area contributed by atoms with Crippen LogP contribution in [0.5, 0.6) is 5.75 Å². The quantitative estimate of drug-likeness (QED) is 0.126. The fourth-order valence-electron chi connectivity index (χ4n) is 8.25. The predicted molar refractivity (Wildman–Crippen MR) is 242 cm³/mol. The summed E-state index contributed by atoms with van der Waals surface area (Å²) < 4.78 is 17.0. The largest absolute Gasteiger partial charge is 0.497 e. The van der Waals surface area contributed by atoms with Crippen molar-refractivity contribution in [3.8, 4) is 5.75 Å². The van der Waals surface area contributed by atoms with Crippen molar-refractivity contribution >= 4 is 47.3 Å². The van der Waals surface area contributed by atoms with Crippen molar-refractivity contribution in [1.29, 1.82) is 0 Å². The number of ether oxygens (including phenoxy) is 3. The van der Waals surface area contributed by atoms with Gasteiger partial charge in [0.15, 0.2) is 11.9 Å². The number of Topliss-reactive ketones (excluding diaryl/α,β-unsaturated/α-hetero) is 1. The van der Waals surface area contributed by atoms with E-state index in [-0.39, 0.29) is 38.1 Å². The lowest BCUT2D eigenvalue weighted by atomic mass is 9.91. The zero-order valence-corrected chi connectivity index (χ0v) is 40.3. The number of nitrogens with zero attached hydrogens (tertiary/aromatic N) is 2. The second kappa shape index (κ2) is 25.6. The Kier molecular flexibility index (Phi) is 21.4. The number of hydrogen-bond acceptors (Lipinski definition) is 12. The molecule has 0 aromatic heterocycles. The Morgan fingerprint density at radius 1 is 0.923 bits per heavy atom. The normalized spacial score (nSPS) is 27.7. The zero-order valence-electron chi connectivity index (χ0n) is 40.3. The van der Waals surface area contributed by atoms with Crippen molar-refractivity contribution < 1.29 is 57.7 Å². The van der Waals surface area contributed by atoms with Gasteiger partial charge in [-0.1, -0.05) is 79.9 Å². The van der Waals surface area contributed by atoms with Gasteiger partial charge in [0.25, 0.3) is 0 Å². The SMILES string of the molecule is CCCCCC(=O)N[C@@H]1C(=O)N[C@H]([C@@H](C)CC)[C@@H](O)CC(=O)O[C@@H](C(C)C)C(=O)[C@H](C)C(=O)N[C@@H](CC(C)C)C(=O)N2CCC[C@H]2C(=O)N(C)[C@@H](Cc2ccc(OC)cc2)C(=O)O[C@@H]1C. The van der Waals surface area contributed by atoms with Gasteiger partial charge in [-0.15, -0.1) is 0 Å². The molecule has 2 fully saturated rings. The first kappa shape index (κ1) is 54.3. The molecule has 0 spiro atoms. The molecular formula is C48H75N5O12. The summed E-state index contributed by atoms with van der Waals surface area (Å²) in [7, 11) is 2.96. The van der Waals surface area contributed by atoms with Gasteiger partial charge in [-0.3, -0.25) is 33.6 Å². The van der Waals surface area contributed by atoms with E-state index in [0.29, 0.717) is 30.6 Å². The van der Waals surface area contributed by atoms with Crippen LogP contribution in [-0.4, -0.2) is 131 Å². The topological polar surface area (TPSA) is 227 Å². The number of aliphatic hydroxyl groups excluding tert-OH is 1. The second-order valence-corrected chi connectivity index (χ2v) is 18.5. The standard InChI is InChI=1S/C48H75N5O12/c1-12-14-15-18-38(55)50-41-31(9)64-48(62)36(25-32-19-21-33(63-11)22-20-32)52(10)47(61)35-17-16-23-53(35)46(60)34(24-27(3)4)49-44(58)30(8)42(57)43(28(5)6)65-39(56)26-37(54)40(29(7)13-2)51-45(41)59/h19-22,27-31,34-37,40-41,43,54H,12-18,23-26H2,1-11H3,(H,49,58)(H,50,55)(H,51,59)/t29-,30-,31+,34-,35-,36-,37-,40+,41-,43-/m0/s1. The molecule has 0 unspecified atom stereocenters. The Morgan fingerprint density at radius 3 is 2.17 bits per heavy atom. The van der Waals surface area contributed by atoms with Crippen LogP contribution in [0.2, 0.25) is 0 Å². The van der Waals surface area contributed by atoms with Crippen LogP contribution < -0.4 is 20.7 Å². The van der Waals surface area contributed by atoms with Gasteiger partial charge in [-0.25, -0.2) is 4.79 Å². The number of esters is 2. The molecule has 0 radical (unpaired) electrons. The van der Waals surface area contributed by atoms with E-state index in [0.717, 1.165) is 12.8 Å². The highest BCUT2D eigenvalue weighted by Gasteiger charge is 2.44. The predicted octanol–water partition coefficient (Wildman–Crippen LogP) is 3.65. The van der Waals surface area contributed by atoms with E-state index >= 15 is 0 Å². The van der Waals surface area contributed by atoms with Crippen molar-refractivity contribution in [2.45, 2.75) is 175 Å². The first-order valence-electron chi connectivity index (χ1n) is 23.4. The number of aliphatic hydroxyl groups is 1. The third kappa shape index (κ3) is 15.3. The molecule has 10 atom stereocenters. The molecule has 17 heteroatoms. The maximum Gasteiger partial charge on any atom is 0.329 e. The van der Waals surface area contributed by atoms with Crippen LogP contribution >= 0.6 is 0 Å². The monoisotopic (exact) mass is 914 g/mol. The molecule has 17 nitrogen and oxygen atoms in total.